The fourth-order valence-corrected chi connectivity index (χ4v) is 3.44. The van der Waals surface area contributed by atoms with Gasteiger partial charge in [0.25, 0.3) is 0 Å². The lowest BCUT2D eigenvalue weighted by Crippen LogP contribution is -2.36. The number of pyridine rings is 1. The summed E-state index contributed by atoms with van der Waals surface area (Å²) in [5, 5.41) is 0.361. The van der Waals surface area contributed by atoms with Crippen molar-refractivity contribution in [2.24, 2.45) is 17.8 Å². The Morgan fingerprint density at radius 1 is 1.33 bits per heavy atom. The van der Waals surface area contributed by atoms with E-state index in [1.807, 2.05) is 0 Å². The molecule has 0 bridgehead atoms. The molecular weight excluding hydrogens is 309 g/mol. The molecule has 0 aliphatic heterocycles. The van der Waals surface area contributed by atoms with Gasteiger partial charge in [0.1, 0.15) is 16.4 Å². The third-order valence-electron chi connectivity index (χ3n) is 4.25. The van der Waals surface area contributed by atoms with Crippen LogP contribution in [0.4, 0.5) is 0 Å². The fraction of sp³-hybridized carbons (Fsp3) is 0.625. The van der Waals surface area contributed by atoms with Crippen molar-refractivity contribution >= 4 is 29.2 Å². The summed E-state index contributed by atoms with van der Waals surface area (Å²) in [5.41, 5.74) is 0.279. The second-order valence-corrected chi connectivity index (χ2v) is 6.99. The van der Waals surface area contributed by atoms with E-state index in [1.54, 1.807) is 12.1 Å². The number of carbonyl (C=O) groups excluding carboxylic acids is 1. The Kier molecular flexibility index (Phi) is 5.50. The Hall–Kier alpha value is -0.800. The van der Waals surface area contributed by atoms with E-state index in [0.29, 0.717) is 17.8 Å². The van der Waals surface area contributed by atoms with Crippen LogP contribution in [0, 0.1) is 17.8 Å². The minimum atomic E-state index is -0.408. The molecule has 0 radical (unpaired) electrons. The third-order valence-corrected chi connectivity index (χ3v) is 4.75. The molecule has 116 valence electrons. The Morgan fingerprint density at radius 3 is 2.67 bits per heavy atom. The highest BCUT2D eigenvalue weighted by atomic mass is 35.5. The molecule has 0 N–H and O–H groups in total. The summed E-state index contributed by atoms with van der Waals surface area (Å²) in [4.78, 5) is 16.2. The molecule has 0 aromatic carbocycles. The summed E-state index contributed by atoms with van der Waals surface area (Å²) in [6.45, 7) is 6.56. The zero-order valence-electron chi connectivity index (χ0n) is 12.6. The molecule has 0 saturated heterocycles. The summed E-state index contributed by atoms with van der Waals surface area (Å²) in [5.74, 6) is 1.07. The van der Waals surface area contributed by atoms with Crippen LogP contribution in [0.1, 0.15) is 50.4 Å². The standard InChI is InChI=1S/C16H21Cl2NO2/c1-9(2)11-5-4-10(3)8-13(11)21-16(20)12-6-7-14(17)19-15(12)18/h6-7,9-11,13H,4-5,8H2,1-3H3. The van der Waals surface area contributed by atoms with Crippen LogP contribution in [0.25, 0.3) is 0 Å². The van der Waals surface area contributed by atoms with Crippen LogP contribution in [0.3, 0.4) is 0 Å². The van der Waals surface area contributed by atoms with Crippen LogP contribution in [0.15, 0.2) is 12.1 Å². The first-order chi connectivity index (χ1) is 9.88. The van der Waals surface area contributed by atoms with Crippen LogP contribution in [-0.2, 0) is 4.74 Å². The van der Waals surface area contributed by atoms with Gasteiger partial charge in [-0.3, -0.25) is 0 Å². The maximum Gasteiger partial charge on any atom is 0.341 e. The molecule has 0 amide bonds. The number of hydrogen-bond donors (Lipinski definition) is 0. The quantitative estimate of drug-likeness (QED) is 0.578. The van der Waals surface area contributed by atoms with Crippen molar-refractivity contribution < 1.29 is 9.53 Å². The predicted octanol–water partition coefficient (Wildman–Crippen LogP) is 5.01. The first-order valence-corrected chi connectivity index (χ1v) is 8.17. The molecule has 1 saturated carbocycles. The third kappa shape index (κ3) is 4.10. The number of esters is 1. The topological polar surface area (TPSA) is 39.2 Å². The molecule has 0 spiro atoms. The van der Waals surface area contributed by atoms with Gasteiger partial charge >= 0.3 is 5.97 Å². The number of ether oxygens (including phenoxy) is 1. The van der Waals surface area contributed by atoms with Crippen LogP contribution in [0.5, 0.6) is 0 Å². The maximum absolute atomic E-state index is 12.3. The van der Waals surface area contributed by atoms with Gasteiger partial charge in [-0.15, -0.1) is 0 Å². The van der Waals surface area contributed by atoms with E-state index in [4.69, 9.17) is 27.9 Å². The normalized spacial score (nSPS) is 25.9. The monoisotopic (exact) mass is 329 g/mol. The van der Waals surface area contributed by atoms with Crippen molar-refractivity contribution in [3.05, 3.63) is 28.0 Å². The highest BCUT2D eigenvalue weighted by Gasteiger charge is 2.34. The molecule has 1 heterocycles. The van der Waals surface area contributed by atoms with Crippen molar-refractivity contribution in [3.8, 4) is 0 Å². The molecule has 1 aliphatic rings. The van der Waals surface area contributed by atoms with Crippen molar-refractivity contribution in [1.82, 2.24) is 4.98 Å². The van der Waals surface area contributed by atoms with Gasteiger partial charge in [-0.05, 0) is 42.7 Å². The van der Waals surface area contributed by atoms with Gasteiger partial charge < -0.3 is 4.74 Å². The van der Waals surface area contributed by atoms with Crippen LogP contribution in [0.2, 0.25) is 10.3 Å². The molecule has 21 heavy (non-hydrogen) atoms. The average molecular weight is 330 g/mol. The SMILES string of the molecule is CC1CCC(C(C)C)C(OC(=O)c2ccc(Cl)nc2Cl)C1. The van der Waals surface area contributed by atoms with Gasteiger partial charge in [-0.1, -0.05) is 50.4 Å². The minimum Gasteiger partial charge on any atom is -0.458 e. The lowest BCUT2D eigenvalue weighted by molar-refractivity contribution is -0.0174. The van der Waals surface area contributed by atoms with Crippen LogP contribution in [-0.4, -0.2) is 17.1 Å². The second kappa shape index (κ2) is 6.97. The van der Waals surface area contributed by atoms with E-state index in [0.717, 1.165) is 12.8 Å². The van der Waals surface area contributed by atoms with Crippen LogP contribution < -0.4 is 0 Å². The number of nitrogens with zero attached hydrogens (tertiary/aromatic N) is 1. The van der Waals surface area contributed by atoms with Gasteiger partial charge in [-0.2, -0.15) is 0 Å². The molecule has 5 heteroatoms. The van der Waals surface area contributed by atoms with Gasteiger partial charge in [0, 0.05) is 0 Å². The summed E-state index contributed by atoms with van der Waals surface area (Å²) in [6.07, 6.45) is 3.16. The molecule has 3 nitrogen and oxygen atoms in total. The highest BCUT2D eigenvalue weighted by molar-refractivity contribution is 6.34. The van der Waals surface area contributed by atoms with E-state index >= 15 is 0 Å². The molecule has 1 aliphatic carbocycles. The van der Waals surface area contributed by atoms with Gasteiger partial charge in [0.15, 0.2) is 0 Å². The summed E-state index contributed by atoms with van der Waals surface area (Å²) >= 11 is 11.7. The molecule has 3 atom stereocenters. The average Bonchev–Trinajstić information content (AvgIpc) is 2.37. The molecule has 3 unspecified atom stereocenters. The number of carbonyl (C=O) groups is 1. The molecule has 1 aromatic heterocycles. The maximum atomic E-state index is 12.3. The van der Waals surface area contributed by atoms with Crippen molar-refractivity contribution in [2.45, 2.75) is 46.1 Å². The Labute approximate surface area is 136 Å². The molecule has 1 fully saturated rings. The second-order valence-electron chi connectivity index (χ2n) is 6.24. The van der Waals surface area contributed by atoms with Gasteiger partial charge in [0.05, 0.1) is 5.56 Å². The van der Waals surface area contributed by atoms with Gasteiger partial charge in [-0.25, -0.2) is 9.78 Å². The number of hydrogen-bond acceptors (Lipinski definition) is 3. The zero-order valence-corrected chi connectivity index (χ0v) is 14.1. The largest absolute Gasteiger partial charge is 0.458 e. The number of aromatic nitrogens is 1. The minimum absolute atomic E-state index is 0.0482. The van der Waals surface area contributed by atoms with Crippen molar-refractivity contribution in [2.75, 3.05) is 0 Å². The number of rotatable bonds is 3. The Morgan fingerprint density at radius 2 is 2.05 bits per heavy atom. The fourth-order valence-electron chi connectivity index (χ4n) is 3.02. The molecule has 2 rings (SSSR count). The lowest BCUT2D eigenvalue weighted by Gasteiger charge is -2.36. The van der Waals surface area contributed by atoms with Crippen molar-refractivity contribution in [1.29, 1.82) is 0 Å². The van der Waals surface area contributed by atoms with E-state index in [9.17, 15) is 4.79 Å². The molecule has 1 aromatic rings. The summed E-state index contributed by atoms with van der Waals surface area (Å²) in [7, 11) is 0. The zero-order chi connectivity index (χ0) is 15.6. The Balaban J connectivity index is 2.12. The summed E-state index contributed by atoms with van der Waals surface area (Å²) < 4.78 is 5.74. The number of halogens is 2. The van der Waals surface area contributed by atoms with E-state index in [2.05, 4.69) is 25.8 Å². The van der Waals surface area contributed by atoms with Crippen molar-refractivity contribution in [3.63, 3.8) is 0 Å². The van der Waals surface area contributed by atoms with E-state index in [-0.39, 0.29) is 22.0 Å². The van der Waals surface area contributed by atoms with Gasteiger partial charge in [0.2, 0.25) is 0 Å². The van der Waals surface area contributed by atoms with E-state index in [1.165, 1.54) is 6.42 Å². The first-order valence-electron chi connectivity index (χ1n) is 7.41. The highest BCUT2D eigenvalue weighted by Crippen LogP contribution is 2.36. The first kappa shape index (κ1) is 16.6. The van der Waals surface area contributed by atoms with E-state index < -0.39 is 5.97 Å². The Bertz CT molecular complexity index is 519. The molecular formula is C16H21Cl2NO2. The smallest absolute Gasteiger partial charge is 0.341 e. The van der Waals surface area contributed by atoms with Crippen LogP contribution >= 0.6 is 23.2 Å². The lowest BCUT2D eigenvalue weighted by atomic mass is 9.75. The summed E-state index contributed by atoms with van der Waals surface area (Å²) in [6, 6.07) is 3.12. The predicted molar refractivity (Wildman–Crippen MR) is 84.8 cm³/mol.